The summed E-state index contributed by atoms with van der Waals surface area (Å²) in [5.41, 5.74) is 3.21. The van der Waals surface area contributed by atoms with Crippen molar-refractivity contribution in [2.45, 2.75) is 25.3 Å². The molecule has 0 saturated carbocycles. The van der Waals surface area contributed by atoms with Crippen LogP contribution in [0.2, 0.25) is 0 Å². The van der Waals surface area contributed by atoms with Gasteiger partial charge in [0.25, 0.3) is 0 Å². The molecule has 5 nitrogen and oxygen atoms in total. The van der Waals surface area contributed by atoms with Gasteiger partial charge in [-0.15, -0.1) is 12.4 Å². The van der Waals surface area contributed by atoms with Crippen LogP contribution in [0.15, 0.2) is 36.4 Å². The summed E-state index contributed by atoms with van der Waals surface area (Å²) in [5, 5.41) is 10.9. The first-order valence-electron chi connectivity index (χ1n) is 8.87. The summed E-state index contributed by atoms with van der Waals surface area (Å²) in [6, 6.07) is 12.6. The van der Waals surface area contributed by atoms with Crippen molar-refractivity contribution in [3.8, 4) is 11.3 Å². The van der Waals surface area contributed by atoms with Crippen molar-refractivity contribution < 1.29 is 4.79 Å². The number of hydrogen-bond acceptors (Lipinski definition) is 4. The zero-order valence-corrected chi connectivity index (χ0v) is 16.7. The van der Waals surface area contributed by atoms with Gasteiger partial charge in [-0.05, 0) is 18.9 Å². The van der Waals surface area contributed by atoms with E-state index in [1.54, 1.807) is 0 Å². The van der Waals surface area contributed by atoms with Gasteiger partial charge in [-0.3, -0.25) is 9.89 Å². The Morgan fingerprint density at radius 2 is 2.15 bits per heavy atom. The molecule has 0 spiro atoms. The Morgan fingerprint density at radius 1 is 1.35 bits per heavy atom. The lowest BCUT2D eigenvalue weighted by molar-refractivity contribution is -0.130. The third-order valence-electron chi connectivity index (χ3n) is 4.49. The molecule has 7 heteroatoms. The number of carbonyl (C=O) groups is 1. The zero-order valence-electron chi connectivity index (χ0n) is 15.1. The summed E-state index contributed by atoms with van der Waals surface area (Å²) in [5.74, 6) is 2.42. The number of aromatic amines is 1. The smallest absolute Gasteiger partial charge is 0.223 e. The van der Waals surface area contributed by atoms with Gasteiger partial charge in [0.1, 0.15) is 0 Å². The minimum Gasteiger partial charge on any atom is -0.346 e. The molecule has 1 unspecified atom stereocenters. The molecular weight excluding hydrogens is 368 g/mol. The summed E-state index contributed by atoms with van der Waals surface area (Å²) in [4.78, 5) is 14.2. The molecule has 1 aliphatic heterocycles. The Balaban J connectivity index is 0.00000243. The molecular formula is C19H27ClN4OS. The second kappa shape index (κ2) is 10.6. The summed E-state index contributed by atoms with van der Waals surface area (Å²) < 4.78 is 0. The van der Waals surface area contributed by atoms with Crippen molar-refractivity contribution in [2.24, 2.45) is 0 Å². The first kappa shape index (κ1) is 20.8. The van der Waals surface area contributed by atoms with Crippen LogP contribution in [0.25, 0.3) is 11.3 Å². The van der Waals surface area contributed by atoms with Crippen molar-refractivity contribution in [2.75, 3.05) is 31.6 Å². The van der Waals surface area contributed by atoms with Crippen molar-refractivity contribution in [1.82, 2.24) is 20.4 Å². The number of carbonyl (C=O) groups excluding carboxylic acids is 1. The van der Waals surface area contributed by atoms with E-state index >= 15 is 0 Å². The van der Waals surface area contributed by atoms with Crippen LogP contribution in [0.4, 0.5) is 0 Å². The average Bonchev–Trinajstić information content (AvgIpc) is 3.12. The Hall–Kier alpha value is -1.50. The normalized spacial score (nSPS) is 16.7. The predicted molar refractivity (Wildman–Crippen MR) is 111 cm³/mol. The molecule has 1 fully saturated rings. The minimum absolute atomic E-state index is 0. The number of nitrogens with zero attached hydrogens (tertiary/aromatic N) is 2. The number of aromatic nitrogens is 2. The van der Waals surface area contributed by atoms with E-state index < -0.39 is 0 Å². The van der Waals surface area contributed by atoms with Gasteiger partial charge in [0, 0.05) is 55.4 Å². The molecule has 2 N–H and O–H groups in total. The first-order valence-corrected chi connectivity index (χ1v) is 10.0. The number of benzene rings is 1. The maximum absolute atomic E-state index is 12.3. The summed E-state index contributed by atoms with van der Waals surface area (Å²) in [7, 11) is 1.90. The third-order valence-corrected chi connectivity index (χ3v) is 5.62. The minimum atomic E-state index is 0. The lowest BCUT2D eigenvalue weighted by Gasteiger charge is -2.25. The van der Waals surface area contributed by atoms with Gasteiger partial charge >= 0.3 is 0 Å². The molecule has 1 saturated heterocycles. The summed E-state index contributed by atoms with van der Waals surface area (Å²) >= 11 is 1.93. The molecule has 2 aromatic rings. The molecule has 0 aliphatic carbocycles. The maximum Gasteiger partial charge on any atom is 0.223 e. The highest BCUT2D eigenvalue weighted by Gasteiger charge is 2.18. The highest BCUT2D eigenvalue weighted by molar-refractivity contribution is 7.99. The number of rotatable bonds is 7. The van der Waals surface area contributed by atoms with Gasteiger partial charge in [0.2, 0.25) is 5.91 Å². The molecule has 3 rings (SSSR count). The fourth-order valence-electron chi connectivity index (χ4n) is 3.00. The molecule has 1 aromatic heterocycles. The Labute approximate surface area is 165 Å². The van der Waals surface area contributed by atoms with Crippen LogP contribution in [-0.2, 0) is 11.2 Å². The predicted octanol–water partition coefficient (Wildman–Crippen LogP) is 2.98. The molecule has 2 heterocycles. The molecule has 142 valence electrons. The van der Waals surface area contributed by atoms with Gasteiger partial charge in [-0.2, -0.15) is 16.9 Å². The van der Waals surface area contributed by atoms with E-state index in [1.807, 2.05) is 41.9 Å². The van der Waals surface area contributed by atoms with E-state index in [1.165, 1.54) is 0 Å². The van der Waals surface area contributed by atoms with E-state index in [-0.39, 0.29) is 18.3 Å². The molecule has 0 radical (unpaired) electrons. The molecule has 1 aromatic carbocycles. The standard InChI is InChI=1S/C19H26N4OS.ClH/c1-23(19(24)13-17-14-25-11-9-20-17)10-5-8-16-12-18(22-21-16)15-6-3-2-4-7-15;/h2-4,6-7,12,17,20H,5,8-11,13-14H2,1H3,(H,21,22);1H. The lowest BCUT2D eigenvalue weighted by Crippen LogP contribution is -2.42. The van der Waals surface area contributed by atoms with Gasteiger partial charge in [-0.25, -0.2) is 0 Å². The van der Waals surface area contributed by atoms with Crippen LogP contribution < -0.4 is 5.32 Å². The number of thioether (sulfide) groups is 1. The quantitative estimate of drug-likeness (QED) is 0.757. The topological polar surface area (TPSA) is 61.0 Å². The lowest BCUT2D eigenvalue weighted by atomic mass is 10.1. The molecule has 1 atom stereocenters. The Kier molecular flexibility index (Phi) is 8.48. The van der Waals surface area contributed by atoms with Crippen molar-refractivity contribution >= 4 is 30.1 Å². The zero-order chi connectivity index (χ0) is 17.5. The van der Waals surface area contributed by atoms with E-state index in [4.69, 9.17) is 0 Å². The van der Waals surface area contributed by atoms with Crippen LogP contribution in [0.5, 0.6) is 0 Å². The number of nitrogens with one attached hydrogen (secondary N) is 2. The van der Waals surface area contributed by atoms with Crippen LogP contribution in [0.1, 0.15) is 18.5 Å². The van der Waals surface area contributed by atoms with Gasteiger partial charge in [0.15, 0.2) is 0 Å². The first-order chi connectivity index (χ1) is 12.2. The van der Waals surface area contributed by atoms with Crippen LogP contribution >= 0.6 is 24.2 Å². The molecule has 26 heavy (non-hydrogen) atoms. The SMILES string of the molecule is CN(CCCc1cc(-c2ccccc2)n[nH]1)C(=O)CC1CSCCN1.Cl. The number of H-pyrrole nitrogens is 1. The van der Waals surface area contributed by atoms with Gasteiger partial charge < -0.3 is 10.2 Å². The fraction of sp³-hybridized carbons (Fsp3) is 0.474. The molecule has 0 bridgehead atoms. The average molecular weight is 395 g/mol. The van der Waals surface area contributed by atoms with E-state index in [0.29, 0.717) is 12.5 Å². The third kappa shape index (κ3) is 6.04. The van der Waals surface area contributed by atoms with Gasteiger partial charge in [-0.1, -0.05) is 30.3 Å². The summed E-state index contributed by atoms with van der Waals surface area (Å²) in [6.45, 7) is 1.79. The Morgan fingerprint density at radius 3 is 2.88 bits per heavy atom. The second-order valence-corrected chi connectivity index (χ2v) is 7.64. The van der Waals surface area contributed by atoms with E-state index in [9.17, 15) is 4.79 Å². The molecule has 1 amide bonds. The number of amides is 1. The summed E-state index contributed by atoms with van der Waals surface area (Å²) in [6.07, 6.45) is 2.44. The van der Waals surface area contributed by atoms with Crippen molar-refractivity contribution in [3.05, 3.63) is 42.1 Å². The Bertz CT molecular complexity index is 673. The van der Waals surface area contributed by atoms with Crippen LogP contribution in [-0.4, -0.2) is 58.7 Å². The number of halogens is 1. The largest absolute Gasteiger partial charge is 0.346 e. The molecule has 1 aliphatic rings. The van der Waals surface area contributed by atoms with E-state index in [2.05, 4.69) is 33.7 Å². The fourth-order valence-corrected chi connectivity index (χ4v) is 3.94. The highest BCUT2D eigenvalue weighted by Crippen LogP contribution is 2.17. The van der Waals surface area contributed by atoms with Crippen molar-refractivity contribution in [3.63, 3.8) is 0 Å². The van der Waals surface area contributed by atoms with Crippen LogP contribution in [0, 0.1) is 0 Å². The monoisotopic (exact) mass is 394 g/mol. The van der Waals surface area contributed by atoms with Crippen LogP contribution in [0.3, 0.4) is 0 Å². The van der Waals surface area contributed by atoms with Gasteiger partial charge in [0.05, 0.1) is 5.69 Å². The maximum atomic E-state index is 12.3. The van der Waals surface area contributed by atoms with E-state index in [0.717, 1.165) is 54.4 Å². The number of hydrogen-bond donors (Lipinski definition) is 2. The van der Waals surface area contributed by atoms with Crippen molar-refractivity contribution in [1.29, 1.82) is 0 Å². The number of aryl methyl sites for hydroxylation is 1. The second-order valence-electron chi connectivity index (χ2n) is 6.49. The highest BCUT2D eigenvalue weighted by atomic mass is 35.5.